The Morgan fingerprint density at radius 1 is 1.23 bits per heavy atom. The fraction of sp³-hybridized carbons (Fsp3) is 0.389. The number of amides is 1. The summed E-state index contributed by atoms with van der Waals surface area (Å²) >= 11 is 0. The first-order chi connectivity index (χ1) is 12.7. The van der Waals surface area contributed by atoms with Crippen LogP contribution in [-0.2, 0) is 37.0 Å². The standard InChI is InChI=1S/C18H21N7O/c19-16(26)10-17-22-18(5-2-8-24-12-20-11-21-24)25(23-17)15-7-6-13-3-1-4-14(13)9-15/h6-7,9,11-12H,1-5,8,10H2,(H2,19,26). The normalized spacial score (nSPS) is 13.1. The summed E-state index contributed by atoms with van der Waals surface area (Å²) in [6.07, 6.45) is 8.30. The third kappa shape index (κ3) is 3.49. The first kappa shape index (κ1) is 16.4. The predicted octanol–water partition coefficient (Wildman–Crippen LogP) is 1.01. The van der Waals surface area contributed by atoms with Crippen molar-refractivity contribution in [1.29, 1.82) is 0 Å². The van der Waals surface area contributed by atoms with Crippen LogP contribution in [0.5, 0.6) is 0 Å². The first-order valence-electron chi connectivity index (χ1n) is 8.87. The summed E-state index contributed by atoms with van der Waals surface area (Å²) in [7, 11) is 0. The molecule has 4 rings (SSSR count). The minimum Gasteiger partial charge on any atom is -0.369 e. The van der Waals surface area contributed by atoms with E-state index in [1.165, 1.54) is 23.9 Å². The molecule has 2 heterocycles. The molecular formula is C18H21N7O. The van der Waals surface area contributed by atoms with Crippen LogP contribution < -0.4 is 5.73 Å². The van der Waals surface area contributed by atoms with Crippen molar-refractivity contribution in [3.8, 4) is 5.69 Å². The van der Waals surface area contributed by atoms with E-state index in [0.717, 1.165) is 43.7 Å². The molecule has 1 amide bonds. The molecule has 1 aliphatic carbocycles. The quantitative estimate of drug-likeness (QED) is 0.684. The molecule has 8 nitrogen and oxygen atoms in total. The van der Waals surface area contributed by atoms with Gasteiger partial charge in [0.25, 0.3) is 0 Å². The number of nitrogens with zero attached hydrogens (tertiary/aromatic N) is 6. The highest BCUT2D eigenvalue weighted by molar-refractivity contribution is 5.75. The summed E-state index contributed by atoms with van der Waals surface area (Å²) in [6.45, 7) is 0.752. The second-order valence-corrected chi connectivity index (χ2v) is 6.57. The molecule has 2 aromatic heterocycles. The van der Waals surface area contributed by atoms with Crippen LogP contribution in [0.4, 0.5) is 0 Å². The van der Waals surface area contributed by atoms with Gasteiger partial charge in [0.05, 0.1) is 12.1 Å². The van der Waals surface area contributed by atoms with E-state index in [9.17, 15) is 4.79 Å². The van der Waals surface area contributed by atoms with E-state index in [-0.39, 0.29) is 6.42 Å². The highest BCUT2D eigenvalue weighted by Gasteiger charge is 2.16. The lowest BCUT2D eigenvalue weighted by molar-refractivity contribution is -0.117. The largest absolute Gasteiger partial charge is 0.369 e. The molecule has 0 saturated carbocycles. The lowest BCUT2D eigenvalue weighted by atomic mass is 10.1. The smallest absolute Gasteiger partial charge is 0.225 e. The molecular weight excluding hydrogens is 330 g/mol. The maximum atomic E-state index is 11.3. The molecule has 26 heavy (non-hydrogen) atoms. The van der Waals surface area contributed by atoms with Gasteiger partial charge in [0.2, 0.25) is 5.91 Å². The van der Waals surface area contributed by atoms with Crippen LogP contribution in [0.1, 0.15) is 35.6 Å². The fourth-order valence-corrected chi connectivity index (χ4v) is 3.43. The van der Waals surface area contributed by atoms with E-state index in [1.54, 1.807) is 11.0 Å². The van der Waals surface area contributed by atoms with Gasteiger partial charge in [-0.15, -0.1) is 0 Å². The highest BCUT2D eigenvalue weighted by atomic mass is 16.1. The number of rotatable bonds is 7. The molecule has 1 aliphatic rings. The van der Waals surface area contributed by atoms with E-state index < -0.39 is 5.91 Å². The number of fused-ring (bicyclic) bond motifs is 1. The number of carbonyl (C=O) groups excluding carboxylic acids is 1. The average molecular weight is 351 g/mol. The summed E-state index contributed by atoms with van der Waals surface area (Å²) in [5.41, 5.74) is 9.10. The summed E-state index contributed by atoms with van der Waals surface area (Å²) < 4.78 is 3.64. The van der Waals surface area contributed by atoms with Gasteiger partial charge in [0.15, 0.2) is 5.82 Å². The summed E-state index contributed by atoms with van der Waals surface area (Å²) in [5.74, 6) is 0.873. The molecule has 8 heteroatoms. The Morgan fingerprint density at radius 2 is 2.12 bits per heavy atom. The van der Waals surface area contributed by atoms with Crippen molar-refractivity contribution in [3.63, 3.8) is 0 Å². The van der Waals surface area contributed by atoms with E-state index in [1.807, 2.05) is 4.68 Å². The molecule has 3 aromatic rings. The van der Waals surface area contributed by atoms with Crippen LogP contribution >= 0.6 is 0 Å². The van der Waals surface area contributed by atoms with Gasteiger partial charge in [0, 0.05) is 13.0 Å². The van der Waals surface area contributed by atoms with Gasteiger partial charge in [-0.1, -0.05) is 6.07 Å². The number of aryl methyl sites for hydroxylation is 4. The maximum absolute atomic E-state index is 11.3. The second kappa shape index (κ2) is 7.07. The maximum Gasteiger partial charge on any atom is 0.225 e. The van der Waals surface area contributed by atoms with Crippen LogP contribution in [0.15, 0.2) is 30.9 Å². The van der Waals surface area contributed by atoms with Gasteiger partial charge >= 0.3 is 0 Å². The molecule has 134 valence electrons. The number of hydrogen-bond acceptors (Lipinski definition) is 5. The number of aromatic nitrogens is 6. The Morgan fingerprint density at radius 3 is 2.92 bits per heavy atom. The molecule has 0 saturated heterocycles. The zero-order valence-corrected chi connectivity index (χ0v) is 14.5. The van der Waals surface area contributed by atoms with Crippen LogP contribution in [-0.4, -0.2) is 35.4 Å². The summed E-state index contributed by atoms with van der Waals surface area (Å²) in [6, 6.07) is 6.44. The van der Waals surface area contributed by atoms with Gasteiger partial charge in [-0.3, -0.25) is 9.48 Å². The number of hydrogen-bond donors (Lipinski definition) is 1. The molecule has 0 radical (unpaired) electrons. The molecule has 1 aromatic carbocycles. The minimum atomic E-state index is -0.426. The SMILES string of the molecule is NC(=O)Cc1nc(CCCn2cncn2)n(-c2ccc3c(c2)CCC3)n1. The van der Waals surface area contributed by atoms with Gasteiger partial charge in [-0.05, 0) is 48.9 Å². The Bertz CT molecular complexity index is 914. The zero-order valence-electron chi connectivity index (χ0n) is 14.5. The van der Waals surface area contributed by atoms with Gasteiger partial charge in [-0.2, -0.15) is 10.2 Å². The van der Waals surface area contributed by atoms with E-state index in [2.05, 4.69) is 38.4 Å². The Labute approximate surface area is 151 Å². The first-order valence-corrected chi connectivity index (χ1v) is 8.87. The van der Waals surface area contributed by atoms with E-state index >= 15 is 0 Å². The topological polar surface area (TPSA) is 105 Å². The van der Waals surface area contributed by atoms with Crippen molar-refractivity contribution >= 4 is 5.91 Å². The van der Waals surface area contributed by atoms with Gasteiger partial charge in [-0.25, -0.2) is 14.6 Å². The third-order valence-electron chi connectivity index (χ3n) is 4.63. The van der Waals surface area contributed by atoms with Crippen molar-refractivity contribution < 1.29 is 4.79 Å². The monoisotopic (exact) mass is 351 g/mol. The fourth-order valence-electron chi connectivity index (χ4n) is 3.43. The number of carbonyl (C=O) groups is 1. The molecule has 0 unspecified atom stereocenters. The highest BCUT2D eigenvalue weighted by Crippen LogP contribution is 2.25. The lowest BCUT2D eigenvalue weighted by Crippen LogP contribution is -2.14. The van der Waals surface area contributed by atoms with Crippen LogP contribution in [0.25, 0.3) is 5.69 Å². The van der Waals surface area contributed by atoms with Crippen molar-refractivity contribution in [1.82, 2.24) is 29.5 Å². The van der Waals surface area contributed by atoms with Crippen LogP contribution in [0.2, 0.25) is 0 Å². The summed E-state index contributed by atoms with van der Waals surface area (Å²) in [5, 5.41) is 8.65. The molecule has 0 aliphatic heterocycles. The minimum absolute atomic E-state index is 0.0496. The molecule has 2 N–H and O–H groups in total. The third-order valence-corrected chi connectivity index (χ3v) is 4.63. The van der Waals surface area contributed by atoms with Crippen LogP contribution in [0.3, 0.4) is 0 Å². The molecule has 0 atom stereocenters. The van der Waals surface area contributed by atoms with E-state index in [0.29, 0.717) is 5.82 Å². The summed E-state index contributed by atoms with van der Waals surface area (Å²) in [4.78, 5) is 19.8. The van der Waals surface area contributed by atoms with Crippen molar-refractivity contribution in [3.05, 3.63) is 53.6 Å². The van der Waals surface area contributed by atoms with Crippen molar-refractivity contribution in [2.75, 3.05) is 0 Å². The number of benzene rings is 1. The predicted molar refractivity (Wildman–Crippen MR) is 94.6 cm³/mol. The Kier molecular flexibility index (Phi) is 4.47. The van der Waals surface area contributed by atoms with Crippen molar-refractivity contribution in [2.45, 2.75) is 45.1 Å². The molecule has 0 fully saturated rings. The lowest BCUT2D eigenvalue weighted by Gasteiger charge is -2.08. The van der Waals surface area contributed by atoms with Crippen LogP contribution in [0, 0.1) is 0 Å². The van der Waals surface area contributed by atoms with Gasteiger partial charge in [0.1, 0.15) is 18.5 Å². The van der Waals surface area contributed by atoms with Crippen molar-refractivity contribution in [2.24, 2.45) is 5.73 Å². The van der Waals surface area contributed by atoms with Gasteiger partial charge < -0.3 is 5.73 Å². The Balaban J connectivity index is 1.58. The Hall–Kier alpha value is -3.03. The number of nitrogens with two attached hydrogens (primary N) is 1. The zero-order chi connectivity index (χ0) is 17.9. The number of primary amides is 1. The van der Waals surface area contributed by atoms with E-state index in [4.69, 9.17) is 5.73 Å². The second-order valence-electron chi connectivity index (χ2n) is 6.57. The molecule has 0 bridgehead atoms. The molecule has 0 spiro atoms. The average Bonchev–Trinajstić information content (AvgIpc) is 3.34.